The van der Waals surface area contributed by atoms with Crippen LogP contribution in [0.5, 0.6) is 0 Å². The van der Waals surface area contributed by atoms with Crippen LogP contribution < -0.4 is 5.32 Å². The van der Waals surface area contributed by atoms with Gasteiger partial charge >= 0.3 is 18.1 Å². The highest BCUT2D eigenvalue weighted by Crippen LogP contribution is 2.41. The second-order valence-corrected chi connectivity index (χ2v) is 3.79. The van der Waals surface area contributed by atoms with E-state index in [0.717, 1.165) is 13.8 Å². The van der Waals surface area contributed by atoms with Crippen molar-refractivity contribution in [2.24, 2.45) is 5.92 Å². The first-order valence-corrected chi connectivity index (χ1v) is 4.79. The summed E-state index contributed by atoms with van der Waals surface area (Å²) in [5.74, 6) is -6.23. The summed E-state index contributed by atoms with van der Waals surface area (Å²) >= 11 is 0. The predicted octanol–water partition coefficient (Wildman–Crippen LogP) is 1.49. The standard InChI is InChI=1S/C10H10F3NO4/c1-3-5(8(15)16)7(10(11,12)13)6(9(17)18)4(2)14-3/h7,14H,1-2H3,(H,15,16)(H,17,18). The normalized spacial score (nSPS) is 17.8. The van der Waals surface area contributed by atoms with Crippen LogP contribution >= 0.6 is 0 Å². The number of carbonyl (C=O) groups is 2. The van der Waals surface area contributed by atoms with E-state index < -0.39 is 35.2 Å². The van der Waals surface area contributed by atoms with E-state index >= 15 is 0 Å². The van der Waals surface area contributed by atoms with Gasteiger partial charge in [-0.2, -0.15) is 13.2 Å². The van der Waals surface area contributed by atoms with Gasteiger partial charge in [-0.25, -0.2) is 9.59 Å². The molecule has 1 rings (SSSR count). The van der Waals surface area contributed by atoms with Crippen LogP contribution in [0.25, 0.3) is 0 Å². The van der Waals surface area contributed by atoms with E-state index in [1.54, 1.807) is 0 Å². The highest BCUT2D eigenvalue weighted by Gasteiger charge is 2.51. The first-order chi connectivity index (χ1) is 8.07. The minimum atomic E-state index is -4.98. The maximum atomic E-state index is 12.9. The summed E-state index contributed by atoms with van der Waals surface area (Å²) in [7, 11) is 0. The third-order valence-corrected chi connectivity index (χ3v) is 2.55. The molecular formula is C10H10F3NO4. The smallest absolute Gasteiger partial charge is 0.400 e. The molecule has 0 unspecified atom stereocenters. The van der Waals surface area contributed by atoms with Gasteiger partial charge in [-0.15, -0.1) is 0 Å². The first-order valence-electron chi connectivity index (χ1n) is 4.79. The van der Waals surface area contributed by atoms with Crippen LogP contribution in [0, 0.1) is 5.92 Å². The number of hydrogen-bond acceptors (Lipinski definition) is 3. The van der Waals surface area contributed by atoms with Gasteiger partial charge in [0.1, 0.15) is 5.92 Å². The van der Waals surface area contributed by atoms with Crippen LogP contribution in [-0.2, 0) is 9.59 Å². The van der Waals surface area contributed by atoms with Crippen LogP contribution in [0.3, 0.4) is 0 Å². The molecule has 8 heteroatoms. The van der Waals surface area contributed by atoms with Crippen molar-refractivity contribution in [2.45, 2.75) is 20.0 Å². The lowest BCUT2D eigenvalue weighted by molar-refractivity contribution is -0.166. The van der Waals surface area contributed by atoms with Gasteiger partial charge in [0.25, 0.3) is 0 Å². The summed E-state index contributed by atoms with van der Waals surface area (Å²) in [5, 5.41) is 20.0. The van der Waals surface area contributed by atoms with E-state index in [4.69, 9.17) is 10.2 Å². The Hall–Kier alpha value is -1.99. The Labute approximate surface area is 99.6 Å². The summed E-state index contributed by atoms with van der Waals surface area (Å²) in [6.07, 6.45) is -4.98. The molecule has 0 atom stereocenters. The molecule has 0 fully saturated rings. The highest BCUT2D eigenvalue weighted by molar-refractivity contribution is 5.96. The second-order valence-electron chi connectivity index (χ2n) is 3.79. The van der Waals surface area contributed by atoms with Crippen LogP contribution in [0.15, 0.2) is 22.5 Å². The summed E-state index contributed by atoms with van der Waals surface area (Å²) in [5.41, 5.74) is -2.42. The fraction of sp³-hybridized carbons (Fsp3) is 0.400. The lowest BCUT2D eigenvalue weighted by atomic mass is 9.85. The molecule has 0 saturated carbocycles. The Morgan fingerprint density at radius 2 is 1.39 bits per heavy atom. The van der Waals surface area contributed by atoms with Crippen molar-refractivity contribution in [1.29, 1.82) is 0 Å². The maximum Gasteiger partial charge on any atom is 0.400 e. The molecule has 0 amide bonds. The first kappa shape index (κ1) is 14.1. The number of alkyl halides is 3. The number of rotatable bonds is 2. The van der Waals surface area contributed by atoms with Crippen LogP contribution in [0.1, 0.15) is 13.8 Å². The molecule has 0 spiro atoms. The molecular weight excluding hydrogens is 255 g/mol. The van der Waals surface area contributed by atoms with Crippen LogP contribution in [-0.4, -0.2) is 28.3 Å². The van der Waals surface area contributed by atoms with Crippen molar-refractivity contribution < 1.29 is 33.0 Å². The van der Waals surface area contributed by atoms with E-state index in [0.29, 0.717) is 0 Å². The van der Waals surface area contributed by atoms with Gasteiger partial charge in [0.2, 0.25) is 0 Å². The number of dihydropyridines is 1. The number of nitrogens with one attached hydrogen (secondary N) is 1. The lowest BCUT2D eigenvalue weighted by Gasteiger charge is -2.29. The van der Waals surface area contributed by atoms with Gasteiger partial charge in [0.15, 0.2) is 0 Å². The molecule has 0 saturated heterocycles. The third kappa shape index (κ3) is 2.31. The van der Waals surface area contributed by atoms with E-state index in [1.165, 1.54) is 0 Å². The molecule has 0 aromatic carbocycles. The van der Waals surface area contributed by atoms with Gasteiger partial charge in [0.05, 0.1) is 11.1 Å². The quantitative estimate of drug-likeness (QED) is 0.704. The lowest BCUT2D eigenvalue weighted by Crippen LogP contribution is -2.39. The van der Waals surface area contributed by atoms with E-state index in [9.17, 15) is 22.8 Å². The molecule has 0 radical (unpaired) electrons. The largest absolute Gasteiger partial charge is 0.478 e. The Kier molecular flexibility index (Phi) is 3.40. The summed E-state index contributed by atoms with van der Waals surface area (Å²) < 4.78 is 38.7. The average Bonchev–Trinajstić information content (AvgIpc) is 2.13. The van der Waals surface area contributed by atoms with Crippen molar-refractivity contribution in [1.82, 2.24) is 5.32 Å². The zero-order chi connectivity index (χ0) is 14.2. The van der Waals surface area contributed by atoms with Gasteiger partial charge in [-0.3, -0.25) is 0 Å². The van der Waals surface area contributed by atoms with Crippen molar-refractivity contribution in [2.75, 3.05) is 0 Å². The van der Waals surface area contributed by atoms with Crippen molar-refractivity contribution in [3.63, 3.8) is 0 Å². The van der Waals surface area contributed by atoms with Crippen molar-refractivity contribution in [3.8, 4) is 0 Å². The van der Waals surface area contributed by atoms with E-state index in [-0.39, 0.29) is 11.4 Å². The number of carboxylic acids is 2. The van der Waals surface area contributed by atoms with Crippen LogP contribution in [0.2, 0.25) is 0 Å². The Morgan fingerprint density at radius 1 is 1.06 bits per heavy atom. The Morgan fingerprint density at radius 3 is 1.61 bits per heavy atom. The number of allylic oxidation sites excluding steroid dienone is 2. The maximum absolute atomic E-state index is 12.9. The van der Waals surface area contributed by atoms with Gasteiger partial charge < -0.3 is 15.5 Å². The summed E-state index contributed by atoms with van der Waals surface area (Å²) in [6, 6.07) is 0. The van der Waals surface area contributed by atoms with E-state index in [2.05, 4.69) is 5.32 Å². The van der Waals surface area contributed by atoms with Crippen molar-refractivity contribution in [3.05, 3.63) is 22.5 Å². The van der Waals surface area contributed by atoms with Crippen molar-refractivity contribution >= 4 is 11.9 Å². The molecule has 0 aromatic rings. The number of halogens is 3. The topological polar surface area (TPSA) is 86.6 Å². The molecule has 1 aliphatic rings. The molecule has 0 aliphatic carbocycles. The zero-order valence-corrected chi connectivity index (χ0v) is 9.42. The fourth-order valence-electron chi connectivity index (χ4n) is 1.89. The fourth-order valence-corrected chi connectivity index (χ4v) is 1.89. The molecule has 0 aromatic heterocycles. The predicted molar refractivity (Wildman–Crippen MR) is 53.4 cm³/mol. The highest BCUT2D eigenvalue weighted by atomic mass is 19.4. The molecule has 5 nitrogen and oxygen atoms in total. The summed E-state index contributed by atoms with van der Waals surface area (Å²) in [6.45, 7) is 2.31. The number of aliphatic carboxylic acids is 2. The molecule has 18 heavy (non-hydrogen) atoms. The SMILES string of the molecule is CC1=C(C(=O)O)C(C(F)(F)F)C(C(=O)O)=C(C)N1. The summed E-state index contributed by atoms with van der Waals surface area (Å²) in [4.78, 5) is 21.8. The van der Waals surface area contributed by atoms with Gasteiger partial charge in [-0.1, -0.05) is 0 Å². The molecule has 1 aliphatic heterocycles. The Bertz CT molecular complexity index is 440. The molecule has 100 valence electrons. The average molecular weight is 265 g/mol. The number of carboxylic acid groups (broad SMARTS) is 2. The third-order valence-electron chi connectivity index (χ3n) is 2.55. The molecule has 0 bridgehead atoms. The van der Waals surface area contributed by atoms with E-state index in [1.807, 2.05) is 0 Å². The second kappa shape index (κ2) is 4.35. The Balaban J connectivity index is 3.50. The minimum Gasteiger partial charge on any atom is -0.478 e. The molecule has 1 heterocycles. The van der Waals surface area contributed by atoms with Gasteiger partial charge in [-0.05, 0) is 13.8 Å². The number of hydrogen-bond donors (Lipinski definition) is 3. The monoisotopic (exact) mass is 265 g/mol. The van der Waals surface area contributed by atoms with Gasteiger partial charge in [0, 0.05) is 11.4 Å². The minimum absolute atomic E-state index is 0.215. The molecule has 3 N–H and O–H groups in total. The zero-order valence-electron chi connectivity index (χ0n) is 9.42. The van der Waals surface area contributed by atoms with Crippen LogP contribution in [0.4, 0.5) is 13.2 Å².